The van der Waals surface area contributed by atoms with Crippen molar-refractivity contribution in [1.29, 1.82) is 0 Å². The van der Waals surface area contributed by atoms with Crippen LogP contribution in [0.4, 0.5) is 0 Å². The molecule has 6 nitrogen and oxygen atoms in total. The summed E-state index contributed by atoms with van der Waals surface area (Å²) in [6.45, 7) is 8.25. The van der Waals surface area contributed by atoms with Crippen LogP contribution in [0.1, 0.15) is 55.7 Å². The molecule has 0 bridgehead atoms. The van der Waals surface area contributed by atoms with Crippen molar-refractivity contribution in [3.05, 3.63) is 29.7 Å². The largest absolute Gasteiger partial charge is 0.337 e. The summed E-state index contributed by atoms with van der Waals surface area (Å²) < 4.78 is 1.89. The maximum absolute atomic E-state index is 13.1. The van der Waals surface area contributed by atoms with Gasteiger partial charge in [-0.1, -0.05) is 0 Å². The Bertz CT molecular complexity index is 775. The van der Waals surface area contributed by atoms with E-state index < -0.39 is 0 Å². The van der Waals surface area contributed by atoms with Crippen molar-refractivity contribution in [1.82, 2.24) is 24.4 Å². The van der Waals surface area contributed by atoms with Gasteiger partial charge in [-0.05, 0) is 58.6 Å². The lowest BCUT2D eigenvalue weighted by Crippen LogP contribution is -2.52. The van der Waals surface area contributed by atoms with Crippen molar-refractivity contribution in [3.8, 4) is 0 Å². The second kappa shape index (κ2) is 6.41. The summed E-state index contributed by atoms with van der Waals surface area (Å²) in [5, 5.41) is 8.16. The van der Waals surface area contributed by atoms with Crippen molar-refractivity contribution in [2.45, 2.75) is 64.6 Å². The van der Waals surface area contributed by atoms with Gasteiger partial charge in [0.2, 0.25) is 0 Å². The van der Waals surface area contributed by atoms with E-state index in [9.17, 15) is 4.79 Å². The second-order valence-corrected chi connectivity index (χ2v) is 7.66. The predicted octanol–water partition coefficient (Wildman–Crippen LogP) is 2.52. The number of aromatic nitrogens is 3. The standard InChI is InChI=1S/C19H27N5O/c1-13-6-7-14(2)24(13)17-5-4-10-22(12-17)19(25)16-8-9-18-21-20-15(3)23(18)11-16/h8-9,11,13-14,17H,4-7,10,12H2,1-3H3. The molecule has 1 amide bonds. The summed E-state index contributed by atoms with van der Waals surface area (Å²) in [7, 11) is 0. The lowest BCUT2D eigenvalue weighted by Gasteiger charge is -2.41. The lowest BCUT2D eigenvalue weighted by molar-refractivity contribution is 0.0486. The first-order valence-electron chi connectivity index (χ1n) is 9.42. The molecule has 2 aliphatic heterocycles. The summed E-state index contributed by atoms with van der Waals surface area (Å²) in [5.41, 5.74) is 1.50. The Labute approximate surface area is 148 Å². The lowest BCUT2D eigenvalue weighted by atomic mass is 10.0. The molecule has 0 aromatic carbocycles. The Kier molecular flexibility index (Phi) is 4.23. The van der Waals surface area contributed by atoms with E-state index in [0.29, 0.717) is 18.1 Å². The van der Waals surface area contributed by atoms with Gasteiger partial charge in [0.15, 0.2) is 5.65 Å². The molecule has 2 aliphatic rings. The third-order valence-corrected chi connectivity index (χ3v) is 5.95. The van der Waals surface area contributed by atoms with Crippen molar-refractivity contribution >= 4 is 11.6 Å². The molecule has 2 aromatic heterocycles. The van der Waals surface area contributed by atoms with Crippen LogP contribution in [-0.4, -0.2) is 61.5 Å². The van der Waals surface area contributed by atoms with Crippen molar-refractivity contribution in [2.24, 2.45) is 0 Å². The van der Waals surface area contributed by atoms with Gasteiger partial charge in [-0.2, -0.15) is 0 Å². The van der Waals surface area contributed by atoms with Crippen LogP contribution in [0.5, 0.6) is 0 Å². The molecule has 0 spiro atoms. The number of hydrogen-bond acceptors (Lipinski definition) is 4. The Morgan fingerprint density at radius 2 is 1.88 bits per heavy atom. The Morgan fingerprint density at radius 3 is 2.64 bits per heavy atom. The Balaban J connectivity index is 1.53. The number of aryl methyl sites for hydroxylation is 1. The highest BCUT2D eigenvalue weighted by atomic mass is 16.2. The van der Waals surface area contributed by atoms with Gasteiger partial charge in [0, 0.05) is 37.4 Å². The van der Waals surface area contributed by atoms with Crippen LogP contribution in [0.15, 0.2) is 18.3 Å². The Morgan fingerprint density at radius 1 is 1.12 bits per heavy atom. The maximum Gasteiger partial charge on any atom is 0.255 e. The van der Waals surface area contributed by atoms with Crippen LogP contribution in [0.3, 0.4) is 0 Å². The van der Waals surface area contributed by atoms with Crippen molar-refractivity contribution in [3.63, 3.8) is 0 Å². The molecule has 3 unspecified atom stereocenters. The minimum atomic E-state index is 0.124. The van der Waals surface area contributed by atoms with E-state index in [4.69, 9.17) is 0 Å². The molecule has 4 heterocycles. The molecule has 4 rings (SSSR count). The fourth-order valence-corrected chi connectivity index (χ4v) is 4.63. The highest BCUT2D eigenvalue weighted by molar-refractivity contribution is 5.94. The smallest absolute Gasteiger partial charge is 0.255 e. The van der Waals surface area contributed by atoms with Gasteiger partial charge in [0.25, 0.3) is 5.91 Å². The summed E-state index contributed by atoms with van der Waals surface area (Å²) in [6.07, 6.45) is 6.70. The van der Waals surface area contributed by atoms with E-state index in [-0.39, 0.29) is 5.91 Å². The molecule has 25 heavy (non-hydrogen) atoms. The number of rotatable bonds is 2. The van der Waals surface area contributed by atoms with Crippen molar-refractivity contribution < 1.29 is 4.79 Å². The number of carbonyl (C=O) groups is 1. The summed E-state index contributed by atoms with van der Waals surface area (Å²) in [6, 6.07) is 5.50. The first kappa shape index (κ1) is 16.5. The van der Waals surface area contributed by atoms with Gasteiger partial charge in [0.1, 0.15) is 5.82 Å². The topological polar surface area (TPSA) is 53.7 Å². The highest BCUT2D eigenvalue weighted by Gasteiger charge is 2.36. The molecule has 2 saturated heterocycles. The van der Waals surface area contributed by atoms with Gasteiger partial charge in [-0.15, -0.1) is 10.2 Å². The first-order valence-corrected chi connectivity index (χ1v) is 9.42. The molecule has 2 fully saturated rings. The van der Waals surface area contributed by atoms with Crippen LogP contribution in [0, 0.1) is 6.92 Å². The number of amides is 1. The zero-order valence-corrected chi connectivity index (χ0v) is 15.4. The average molecular weight is 341 g/mol. The number of fused-ring (bicyclic) bond motifs is 1. The summed E-state index contributed by atoms with van der Waals surface area (Å²) >= 11 is 0. The number of likely N-dealkylation sites (tertiary alicyclic amines) is 2. The predicted molar refractivity (Wildman–Crippen MR) is 96.6 cm³/mol. The van der Waals surface area contributed by atoms with E-state index in [1.54, 1.807) is 0 Å². The summed E-state index contributed by atoms with van der Waals surface area (Å²) in [5.74, 6) is 0.931. The van der Waals surface area contributed by atoms with Crippen LogP contribution >= 0.6 is 0 Å². The zero-order valence-electron chi connectivity index (χ0n) is 15.4. The number of pyridine rings is 1. The molecular weight excluding hydrogens is 314 g/mol. The fraction of sp³-hybridized carbons (Fsp3) is 0.632. The van der Waals surface area contributed by atoms with Gasteiger partial charge in [-0.25, -0.2) is 0 Å². The Hall–Kier alpha value is -1.95. The van der Waals surface area contributed by atoms with Gasteiger partial charge in [-0.3, -0.25) is 14.1 Å². The molecule has 2 aromatic rings. The van der Waals surface area contributed by atoms with Gasteiger partial charge >= 0.3 is 0 Å². The first-order chi connectivity index (χ1) is 12.0. The third-order valence-electron chi connectivity index (χ3n) is 5.95. The van der Waals surface area contributed by atoms with Gasteiger partial charge < -0.3 is 4.90 Å². The zero-order chi connectivity index (χ0) is 17.6. The monoisotopic (exact) mass is 341 g/mol. The minimum absolute atomic E-state index is 0.124. The molecule has 134 valence electrons. The quantitative estimate of drug-likeness (QED) is 0.842. The molecular formula is C19H27N5O. The molecule has 0 aliphatic carbocycles. The highest BCUT2D eigenvalue weighted by Crippen LogP contribution is 2.30. The number of hydrogen-bond donors (Lipinski definition) is 0. The fourth-order valence-electron chi connectivity index (χ4n) is 4.63. The normalized spacial score (nSPS) is 28.0. The van der Waals surface area contributed by atoms with Crippen LogP contribution in [0.2, 0.25) is 0 Å². The van der Waals surface area contributed by atoms with Gasteiger partial charge in [0.05, 0.1) is 5.56 Å². The maximum atomic E-state index is 13.1. The summed E-state index contributed by atoms with van der Waals surface area (Å²) in [4.78, 5) is 17.7. The van der Waals surface area contributed by atoms with E-state index in [0.717, 1.165) is 36.5 Å². The SMILES string of the molecule is Cc1nnc2ccc(C(=O)N3CCCC(N4C(C)CCC4C)C3)cn12. The molecule has 0 N–H and O–H groups in total. The molecule has 0 saturated carbocycles. The number of piperidine rings is 1. The van der Waals surface area contributed by atoms with E-state index in [2.05, 4.69) is 28.9 Å². The van der Waals surface area contributed by atoms with E-state index in [1.165, 1.54) is 19.3 Å². The second-order valence-electron chi connectivity index (χ2n) is 7.66. The molecule has 3 atom stereocenters. The third kappa shape index (κ3) is 2.92. The number of carbonyl (C=O) groups excluding carboxylic acids is 1. The van der Waals surface area contributed by atoms with Crippen molar-refractivity contribution in [2.75, 3.05) is 13.1 Å². The van der Waals surface area contributed by atoms with Crippen LogP contribution < -0.4 is 0 Å². The van der Waals surface area contributed by atoms with E-state index in [1.807, 2.05) is 34.6 Å². The number of nitrogens with zero attached hydrogens (tertiary/aromatic N) is 5. The minimum Gasteiger partial charge on any atom is -0.337 e. The molecule has 6 heteroatoms. The molecule has 0 radical (unpaired) electrons. The van der Waals surface area contributed by atoms with Crippen LogP contribution in [0.25, 0.3) is 5.65 Å². The average Bonchev–Trinajstić information content (AvgIpc) is 3.16. The van der Waals surface area contributed by atoms with E-state index >= 15 is 0 Å². The van der Waals surface area contributed by atoms with Crippen LogP contribution in [-0.2, 0) is 0 Å².